The monoisotopic (exact) mass is 388 g/mol. The molecule has 2 N–H and O–H groups in total. The highest BCUT2D eigenvalue weighted by Gasteiger charge is 2.29. The second-order valence-corrected chi connectivity index (χ2v) is 6.13. The largest absolute Gasteiger partial charge is 0.355 e. The van der Waals surface area contributed by atoms with Gasteiger partial charge in [-0.25, -0.2) is 9.97 Å². The van der Waals surface area contributed by atoms with Crippen molar-refractivity contribution in [2.45, 2.75) is 6.92 Å². The second kappa shape index (κ2) is 8.43. The molecular formula is C16H20N8O4. The maximum Gasteiger partial charge on any atom is 0.355 e. The van der Waals surface area contributed by atoms with Crippen molar-refractivity contribution in [2.75, 3.05) is 48.5 Å². The van der Waals surface area contributed by atoms with Crippen LogP contribution in [0.15, 0.2) is 30.6 Å². The number of likely N-dealkylation sites (N-methyl/N-ethyl adjacent to an activating group) is 1. The molecule has 1 fully saturated rings. The van der Waals surface area contributed by atoms with Gasteiger partial charge in [0.15, 0.2) is 0 Å². The zero-order valence-corrected chi connectivity index (χ0v) is 15.2. The molecule has 148 valence electrons. The molecule has 12 nitrogen and oxygen atoms in total. The van der Waals surface area contributed by atoms with Crippen LogP contribution < -0.4 is 15.8 Å². The third-order valence-corrected chi connectivity index (χ3v) is 4.51. The van der Waals surface area contributed by atoms with Crippen molar-refractivity contribution >= 4 is 28.7 Å². The van der Waals surface area contributed by atoms with E-state index in [9.17, 15) is 20.2 Å². The number of nitrogens with zero attached hydrogens (tertiary/aromatic N) is 6. The van der Waals surface area contributed by atoms with Crippen molar-refractivity contribution < 1.29 is 9.85 Å². The maximum atomic E-state index is 11.7. The van der Waals surface area contributed by atoms with Crippen molar-refractivity contribution in [1.82, 2.24) is 14.9 Å². The number of piperazine rings is 1. The van der Waals surface area contributed by atoms with Gasteiger partial charge in [0.25, 0.3) is 5.69 Å². The van der Waals surface area contributed by atoms with Crippen LogP contribution in [0.2, 0.25) is 0 Å². The molecule has 0 spiro atoms. The van der Waals surface area contributed by atoms with E-state index in [1.807, 2.05) is 4.90 Å². The van der Waals surface area contributed by atoms with Gasteiger partial charge in [-0.1, -0.05) is 6.92 Å². The molecule has 0 amide bonds. The van der Waals surface area contributed by atoms with E-state index in [0.29, 0.717) is 18.8 Å². The SMILES string of the molecule is CCN1CCN(c2ncnc(NNc3ccc([N+](=O)[O-])cc3)c2[N+](=O)[O-])CC1. The summed E-state index contributed by atoms with van der Waals surface area (Å²) in [6.07, 6.45) is 1.27. The predicted molar refractivity (Wildman–Crippen MR) is 103 cm³/mol. The van der Waals surface area contributed by atoms with E-state index in [1.54, 1.807) is 0 Å². The number of nitrogens with one attached hydrogen (secondary N) is 2. The van der Waals surface area contributed by atoms with Crippen molar-refractivity contribution in [3.8, 4) is 0 Å². The Labute approximate surface area is 160 Å². The Kier molecular flexibility index (Phi) is 5.79. The fourth-order valence-electron chi connectivity index (χ4n) is 2.93. The van der Waals surface area contributed by atoms with Gasteiger partial charge in [0.2, 0.25) is 11.6 Å². The average Bonchev–Trinajstić information content (AvgIpc) is 2.72. The number of anilines is 3. The first-order chi connectivity index (χ1) is 13.5. The van der Waals surface area contributed by atoms with Gasteiger partial charge in [-0.15, -0.1) is 0 Å². The topological polar surface area (TPSA) is 143 Å². The third-order valence-electron chi connectivity index (χ3n) is 4.51. The van der Waals surface area contributed by atoms with Crippen LogP contribution in [-0.4, -0.2) is 57.4 Å². The highest BCUT2D eigenvalue weighted by molar-refractivity contribution is 5.71. The van der Waals surface area contributed by atoms with E-state index in [2.05, 4.69) is 32.6 Å². The van der Waals surface area contributed by atoms with Gasteiger partial charge in [0, 0.05) is 38.3 Å². The van der Waals surface area contributed by atoms with Gasteiger partial charge >= 0.3 is 5.69 Å². The lowest BCUT2D eigenvalue weighted by molar-refractivity contribution is -0.384. The first-order valence-electron chi connectivity index (χ1n) is 8.72. The van der Waals surface area contributed by atoms with E-state index in [0.717, 1.165) is 19.6 Å². The molecule has 1 aliphatic rings. The Morgan fingerprint density at radius 3 is 2.25 bits per heavy atom. The molecule has 12 heteroatoms. The van der Waals surface area contributed by atoms with Crippen LogP contribution in [-0.2, 0) is 0 Å². The van der Waals surface area contributed by atoms with E-state index in [4.69, 9.17) is 0 Å². The lowest BCUT2D eigenvalue weighted by atomic mass is 10.3. The van der Waals surface area contributed by atoms with E-state index >= 15 is 0 Å². The van der Waals surface area contributed by atoms with Crippen LogP contribution >= 0.6 is 0 Å². The first-order valence-corrected chi connectivity index (χ1v) is 8.72. The van der Waals surface area contributed by atoms with Crippen molar-refractivity contribution in [2.24, 2.45) is 0 Å². The van der Waals surface area contributed by atoms with Crippen LogP contribution in [0.3, 0.4) is 0 Å². The highest BCUT2D eigenvalue weighted by Crippen LogP contribution is 2.32. The van der Waals surface area contributed by atoms with Crippen molar-refractivity contribution in [3.63, 3.8) is 0 Å². The van der Waals surface area contributed by atoms with Crippen LogP contribution in [0.4, 0.5) is 28.7 Å². The number of aromatic nitrogens is 2. The minimum Gasteiger partial charge on any atom is -0.348 e. The molecule has 0 bridgehead atoms. The Morgan fingerprint density at radius 1 is 1.00 bits per heavy atom. The number of nitro benzene ring substituents is 1. The minimum absolute atomic E-state index is 0.0197. The number of hydrazine groups is 1. The zero-order valence-electron chi connectivity index (χ0n) is 15.2. The highest BCUT2D eigenvalue weighted by atomic mass is 16.6. The summed E-state index contributed by atoms with van der Waals surface area (Å²) in [6, 6.07) is 5.64. The molecule has 2 aromatic rings. The van der Waals surface area contributed by atoms with Gasteiger partial charge in [0.1, 0.15) is 6.33 Å². The molecular weight excluding hydrogens is 368 g/mol. The Morgan fingerprint density at radius 2 is 1.68 bits per heavy atom. The molecule has 0 radical (unpaired) electrons. The lowest BCUT2D eigenvalue weighted by Crippen LogP contribution is -2.46. The number of benzene rings is 1. The standard InChI is InChI=1S/C16H20N8O4/c1-2-21-7-9-22(10-8-21)16-14(24(27)28)15(17-11-18-16)20-19-12-3-5-13(6-4-12)23(25)26/h3-6,11,19H,2,7-10H2,1H3,(H,17,18,20). The number of rotatable bonds is 7. The summed E-state index contributed by atoms with van der Waals surface area (Å²) in [7, 11) is 0. The Bertz CT molecular complexity index is 852. The molecule has 2 heterocycles. The zero-order chi connectivity index (χ0) is 20.1. The Balaban J connectivity index is 1.77. The summed E-state index contributed by atoms with van der Waals surface area (Å²) in [5.74, 6) is 0.287. The fourth-order valence-corrected chi connectivity index (χ4v) is 2.93. The molecule has 0 saturated carbocycles. The third kappa shape index (κ3) is 4.23. The van der Waals surface area contributed by atoms with Gasteiger partial charge < -0.3 is 9.80 Å². The predicted octanol–water partition coefficient (Wildman–Crippen LogP) is 1.87. The molecule has 3 rings (SSSR count). The van der Waals surface area contributed by atoms with Crippen molar-refractivity contribution in [3.05, 3.63) is 50.8 Å². The molecule has 1 aliphatic heterocycles. The number of nitro groups is 2. The van der Waals surface area contributed by atoms with Gasteiger partial charge in [-0.3, -0.25) is 31.1 Å². The summed E-state index contributed by atoms with van der Waals surface area (Å²) in [4.78, 5) is 33.6. The summed E-state index contributed by atoms with van der Waals surface area (Å²) in [5.41, 5.74) is 5.71. The molecule has 1 aromatic carbocycles. The summed E-state index contributed by atoms with van der Waals surface area (Å²) in [5, 5.41) is 22.4. The normalized spacial score (nSPS) is 14.5. The molecule has 1 aromatic heterocycles. The van der Waals surface area contributed by atoms with Crippen molar-refractivity contribution in [1.29, 1.82) is 0 Å². The maximum absolute atomic E-state index is 11.7. The van der Waals surface area contributed by atoms with Gasteiger partial charge in [0.05, 0.1) is 15.5 Å². The van der Waals surface area contributed by atoms with E-state index < -0.39 is 9.85 Å². The van der Waals surface area contributed by atoms with E-state index in [-0.39, 0.29) is 23.0 Å². The lowest BCUT2D eigenvalue weighted by Gasteiger charge is -2.34. The van der Waals surface area contributed by atoms with Crippen LogP contribution in [0, 0.1) is 20.2 Å². The van der Waals surface area contributed by atoms with Gasteiger partial charge in [-0.05, 0) is 18.7 Å². The summed E-state index contributed by atoms with van der Waals surface area (Å²) >= 11 is 0. The summed E-state index contributed by atoms with van der Waals surface area (Å²) in [6.45, 7) is 5.91. The Hall–Kier alpha value is -3.54. The molecule has 0 aliphatic carbocycles. The fraction of sp³-hybridized carbons (Fsp3) is 0.375. The molecule has 1 saturated heterocycles. The van der Waals surface area contributed by atoms with Gasteiger partial charge in [-0.2, -0.15) is 0 Å². The minimum atomic E-state index is -0.513. The van der Waals surface area contributed by atoms with Crippen LogP contribution in [0.1, 0.15) is 6.92 Å². The number of hydrogen-bond acceptors (Lipinski definition) is 10. The van der Waals surface area contributed by atoms with E-state index in [1.165, 1.54) is 30.6 Å². The number of non-ortho nitro benzene ring substituents is 1. The molecule has 0 unspecified atom stereocenters. The van der Waals surface area contributed by atoms with Crippen LogP contribution in [0.5, 0.6) is 0 Å². The quantitative estimate of drug-likeness (QED) is 0.533. The summed E-state index contributed by atoms with van der Waals surface area (Å²) < 4.78 is 0. The number of hydrogen-bond donors (Lipinski definition) is 2. The second-order valence-electron chi connectivity index (χ2n) is 6.13. The first kappa shape index (κ1) is 19.2. The molecule has 28 heavy (non-hydrogen) atoms. The molecule has 0 atom stereocenters. The smallest absolute Gasteiger partial charge is 0.348 e. The van der Waals surface area contributed by atoms with Crippen LogP contribution in [0.25, 0.3) is 0 Å². The average molecular weight is 388 g/mol.